The van der Waals surface area contributed by atoms with E-state index < -0.39 is 10.1 Å². The molecule has 0 bridgehead atoms. The summed E-state index contributed by atoms with van der Waals surface area (Å²) < 4.78 is 34.4. The molecule has 138 valence electrons. The quantitative estimate of drug-likeness (QED) is 0.528. The van der Waals surface area contributed by atoms with Crippen molar-refractivity contribution in [2.45, 2.75) is 12.3 Å². The molecule has 2 aromatic rings. The van der Waals surface area contributed by atoms with Gasteiger partial charge in [-0.05, 0) is 0 Å². The number of morpholine rings is 1. The normalized spacial score (nSPS) is 15.9. The highest BCUT2D eigenvalue weighted by molar-refractivity contribution is 7.85. The fraction of sp³-hybridized carbons (Fsp3) is 0.571. The van der Waals surface area contributed by atoms with Gasteiger partial charge < -0.3 is 9.64 Å². The van der Waals surface area contributed by atoms with Crippen LogP contribution in [0.1, 0.15) is 11.4 Å². The Balaban J connectivity index is 2.00. The molecule has 25 heavy (non-hydrogen) atoms. The summed E-state index contributed by atoms with van der Waals surface area (Å²) in [5, 5.41) is 0.317. The number of anilines is 1. The van der Waals surface area contributed by atoms with E-state index in [1.807, 2.05) is 4.40 Å². The van der Waals surface area contributed by atoms with Gasteiger partial charge in [-0.3, -0.25) is 8.58 Å². The Labute approximate surface area is 155 Å². The summed E-state index contributed by atoms with van der Waals surface area (Å²) in [5.74, 6) is 0.855. The van der Waals surface area contributed by atoms with Gasteiger partial charge in [-0.15, -0.1) is 11.6 Å². The zero-order valence-corrected chi connectivity index (χ0v) is 15.9. The predicted molar refractivity (Wildman–Crippen MR) is 95.1 cm³/mol. The van der Waals surface area contributed by atoms with E-state index in [9.17, 15) is 8.42 Å². The summed E-state index contributed by atoms with van der Waals surface area (Å²) in [6.07, 6.45) is 3.00. The lowest BCUT2D eigenvalue weighted by atomic mass is 10.3. The lowest BCUT2D eigenvalue weighted by Gasteiger charge is -2.28. The van der Waals surface area contributed by atoms with Crippen molar-refractivity contribution in [3.63, 3.8) is 0 Å². The summed E-state index contributed by atoms with van der Waals surface area (Å²) in [6, 6.07) is 0. The van der Waals surface area contributed by atoms with E-state index in [2.05, 4.69) is 14.9 Å². The molecule has 0 amide bonds. The Bertz CT molecular complexity index is 865. The Morgan fingerprint density at radius 3 is 2.68 bits per heavy atom. The molecule has 0 atom stereocenters. The molecule has 0 unspecified atom stereocenters. The average molecular weight is 409 g/mol. The van der Waals surface area contributed by atoms with Gasteiger partial charge in [0.1, 0.15) is 5.15 Å². The molecule has 0 aromatic carbocycles. The lowest BCUT2D eigenvalue weighted by molar-refractivity contribution is 0.122. The lowest BCUT2D eigenvalue weighted by Crippen LogP contribution is -2.37. The zero-order chi connectivity index (χ0) is 18.0. The fourth-order valence-electron chi connectivity index (χ4n) is 2.75. The molecule has 2 aromatic heterocycles. The van der Waals surface area contributed by atoms with Gasteiger partial charge in [0, 0.05) is 31.4 Å². The van der Waals surface area contributed by atoms with E-state index in [-0.39, 0.29) is 12.5 Å². The molecule has 0 aliphatic carbocycles. The number of imidazole rings is 1. The van der Waals surface area contributed by atoms with Gasteiger partial charge in [-0.1, -0.05) is 11.6 Å². The Hall–Kier alpha value is -1.13. The van der Waals surface area contributed by atoms with E-state index in [1.165, 1.54) is 0 Å². The third-order valence-corrected chi connectivity index (χ3v) is 4.84. The molecule has 3 rings (SSSR count). The molecule has 0 saturated carbocycles. The van der Waals surface area contributed by atoms with Crippen LogP contribution in [0, 0.1) is 0 Å². The highest BCUT2D eigenvalue weighted by Crippen LogP contribution is 2.26. The van der Waals surface area contributed by atoms with Gasteiger partial charge >= 0.3 is 0 Å². The molecular weight excluding hydrogens is 391 g/mol. The van der Waals surface area contributed by atoms with Crippen molar-refractivity contribution in [1.29, 1.82) is 0 Å². The number of ether oxygens (including phenoxy) is 1. The van der Waals surface area contributed by atoms with Gasteiger partial charge in [-0.2, -0.15) is 8.42 Å². The largest absolute Gasteiger partial charge is 0.378 e. The summed E-state index contributed by atoms with van der Waals surface area (Å²) >= 11 is 12.2. The summed E-state index contributed by atoms with van der Waals surface area (Å²) in [5.41, 5.74) is 2.04. The number of hydrogen-bond donors (Lipinski definition) is 0. The first-order chi connectivity index (χ1) is 11.9. The second-order valence-electron chi connectivity index (χ2n) is 5.60. The number of alkyl halides is 1. The number of fused-ring (bicyclic) bond motifs is 1. The Morgan fingerprint density at radius 2 is 2.04 bits per heavy atom. The van der Waals surface area contributed by atoms with Crippen molar-refractivity contribution in [3.8, 4) is 0 Å². The SMILES string of the molecule is CS(=O)(=O)OCCc1c(CCl)nc2c(N3CCOCC3)nc(Cl)cn12. The van der Waals surface area contributed by atoms with Gasteiger partial charge in [0.2, 0.25) is 0 Å². The maximum atomic E-state index is 11.2. The summed E-state index contributed by atoms with van der Waals surface area (Å²) in [4.78, 5) is 11.1. The van der Waals surface area contributed by atoms with Gasteiger partial charge in [0.25, 0.3) is 10.1 Å². The highest BCUT2D eigenvalue weighted by atomic mass is 35.5. The Morgan fingerprint density at radius 1 is 1.32 bits per heavy atom. The van der Waals surface area contributed by atoms with Crippen molar-refractivity contribution in [3.05, 3.63) is 22.7 Å². The highest BCUT2D eigenvalue weighted by Gasteiger charge is 2.21. The second-order valence-corrected chi connectivity index (χ2v) is 7.89. The van der Waals surface area contributed by atoms with Crippen molar-refractivity contribution in [2.75, 3.05) is 44.1 Å². The minimum atomic E-state index is -3.51. The standard InChI is InChI=1S/C14H18Cl2N4O4S/c1-25(21,22)24-5-2-11-10(8-15)17-14-13(18-12(16)9-20(11)14)19-3-6-23-7-4-19/h9H,2-8H2,1H3. The zero-order valence-electron chi connectivity index (χ0n) is 13.6. The van der Waals surface area contributed by atoms with E-state index in [1.54, 1.807) is 6.20 Å². The maximum absolute atomic E-state index is 11.2. The van der Waals surface area contributed by atoms with E-state index in [0.29, 0.717) is 55.0 Å². The van der Waals surface area contributed by atoms with Crippen molar-refractivity contribution in [1.82, 2.24) is 14.4 Å². The molecular formula is C14H18Cl2N4O4S. The molecule has 1 saturated heterocycles. The van der Waals surface area contributed by atoms with Gasteiger partial charge in [0.15, 0.2) is 11.5 Å². The molecule has 8 nitrogen and oxygen atoms in total. The van der Waals surface area contributed by atoms with Crippen molar-refractivity contribution < 1.29 is 17.3 Å². The van der Waals surface area contributed by atoms with Crippen LogP contribution in [0.5, 0.6) is 0 Å². The first-order valence-electron chi connectivity index (χ1n) is 7.68. The molecule has 1 fully saturated rings. The number of aromatic nitrogens is 3. The maximum Gasteiger partial charge on any atom is 0.264 e. The minimum absolute atomic E-state index is 0.00332. The van der Waals surface area contributed by atoms with Crippen LogP contribution < -0.4 is 4.90 Å². The molecule has 1 aliphatic rings. The minimum Gasteiger partial charge on any atom is -0.378 e. The van der Waals surface area contributed by atoms with E-state index in [0.717, 1.165) is 11.9 Å². The molecule has 1 aliphatic heterocycles. The van der Waals surface area contributed by atoms with E-state index >= 15 is 0 Å². The number of rotatable bonds is 6. The topological polar surface area (TPSA) is 86.0 Å². The number of hydrogen-bond acceptors (Lipinski definition) is 7. The van der Waals surface area contributed by atoms with Crippen LogP contribution in [0.25, 0.3) is 5.65 Å². The van der Waals surface area contributed by atoms with Gasteiger partial charge in [-0.25, -0.2) is 9.97 Å². The Kier molecular flexibility index (Phi) is 5.69. The third-order valence-electron chi connectivity index (χ3n) is 3.81. The van der Waals surface area contributed by atoms with E-state index in [4.69, 9.17) is 32.1 Å². The smallest absolute Gasteiger partial charge is 0.264 e. The van der Waals surface area contributed by atoms with Crippen LogP contribution in [0.15, 0.2) is 6.20 Å². The third kappa shape index (κ3) is 4.35. The average Bonchev–Trinajstić information content (AvgIpc) is 2.91. The fourth-order valence-corrected chi connectivity index (χ4v) is 3.52. The van der Waals surface area contributed by atoms with Crippen molar-refractivity contribution in [2.24, 2.45) is 0 Å². The molecule has 0 N–H and O–H groups in total. The molecule has 11 heteroatoms. The van der Waals surface area contributed by atoms with Crippen LogP contribution in [-0.4, -0.2) is 62.0 Å². The number of halogens is 2. The van der Waals surface area contributed by atoms with Crippen LogP contribution in [0.3, 0.4) is 0 Å². The molecule has 0 radical (unpaired) electrons. The molecule has 3 heterocycles. The van der Waals surface area contributed by atoms with Gasteiger partial charge in [0.05, 0.1) is 37.7 Å². The molecule has 0 spiro atoms. The van der Waals surface area contributed by atoms with Crippen LogP contribution in [0.4, 0.5) is 5.82 Å². The van der Waals surface area contributed by atoms with Crippen LogP contribution >= 0.6 is 23.2 Å². The monoisotopic (exact) mass is 408 g/mol. The second kappa shape index (κ2) is 7.63. The van der Waals surface area contributed by atoms with Crippen molar-refractivity contribution >= 4 is 44.8 Å². The van der Waals surface area contributed by atoms with Crippen LogP contribution in [-0.2, 0) is 31.3 Å². The summed E-state index contributed by atoms with van der Waals surface area (Å²) in [6.45, 7) is 2.61. The van der Waals surface area contributed by atoms with Crippen LogP contribution in [0.2, 0.25) is 5.15 Å². The predicted octanol–water partition coefficient (Wildman–Crippen LogP) is 1.48. The number of nitrogens with zero attached hydrogens (tertiary/aromatic N) is 4. The first-order valence-corrected chi connectivity index (χ1v) is 10.4. The summed E-state index contributed by atoms with van der Waals surface area (Å²) in [7, 11) is -3.51. The first kappa shape index (κ1) is 18.7.